The first-order valence-electron chi connectivity index (χ1n) is 7.61. The number of benzene rings is 1. The van der Waals surface area contributed by atoms with Gasteiger partial charge in [0.1, 0.15) is 12.0 Å². The molecule has 1 aromatic carbocycles. The molecule has 0 saturated heterocycles. The number of hydrogen-bond donors (Lipinski definition) is 0. The molecule has 0 fully saturated rings. The van der Waals surface area contributed by atoms with Crippen molar-refractivity contribution >= 4 is 17.4 Å². The Morgan fingerprint density at radius 2 is 1.88 bits per heavy atom. The number of pyridine rings is 2. The Kier molecular flexibility index (Phi) is 4.23. The van der Waals surface area contributed by atoms with E-state index in [0.29, 0.717) is 28.0 Å². The second-order valence-electron chi connectivity index (χ2n) is 5.24. The lowest BCUT2D eigenvalue weighted by Crippen LogP contribution is -2.03. The molecule has 3 heterocycles. The van der Waals surface area contributed by atoms with E-state index in [0.717, 1.165) is 5.56 Å². The molecule has 0 radical (unpaired) electrons. The van der Waals surface area contributed by atoms with E-state index in [-0.39, 0.29) is 0 Å². The highest BCUT2D eigenvalue weighted by Gasteiger charge is 2.27. The van der Waals surface area contributed by atoms with Crippen molar-refractivity contribution in [3.63, 3.8) is 0 Å². The summed E-state index contributed by atoms with van der Waals surface area (Å²) in [5.74, 6) is 1.54. The molecule has 0 saturated carbocycles. The zero-order valence-electron chi connectivity index (χ0n) is 13.0. The SMILES string of the molecule is Clc1ccccc1C1=CO[C@@H](c2cccnc2Oc2cccnc2)O1. The van der Waals surface area contributed by atoms with Gasteiger partial charge >= 0.3 is 0 Å². The van der Waals surface area contributed by atoms with Gasteiger partial charge in [0.2, 0.25) is 5.88 Å². The standard InChI is InChI=1S/C19H13ClN2O3/c20-16-8-2-1-6-14(16)17-12-23-19(25-17)15-7-4-10-22-18(15)24-13-5-3-9-21-11-13/h1-12,19H/t19-/m1/s1. The number of nitrogens with zero attached hydrogens (tertiary/aromatic N) is 2. The van der Waals surface area contributed by atoms with Crippen molar-refractivity contribution in [1.29, 1.82) is 0 Å². The first-order valence-corrected chi connectivity index (χ1v) is 7.99. The number of aromatic nitrogens is 2. The van der Waals surface area contributed by atoms with Gasteiger partial charge in [0.25, 0.3) is 6.29 Å². The third-order valence-corrected chi connectivity index (χ3v) is 3.91. The molecule has 2 aromatic heterocycles. The zero-order chi connectivity index (χ0) is 17.1. The molecule has 1 atom stereocenters. The minimum Gasteiger partial charge on any atom is -0.454 e. The quantitative estimate of drug-likeness (QED) is 0.663. The van der Waals surface area contributed by atoms with Crippen molar-refractivity contribution in [3.05, 3.63) is 89.5 Å². The van der Waals surface area contributed by atoms with Crippen LogP contribution in [0.2, 0.25) is 5.02 Å². The summed E-state index contributed by atoms with van der Waals surface area (Å²) < 4.78 is 17.4. The van der Waals surface area contributed by atoms with Gasteiger partial charge in [0, 0.05) is 18.0 Å². The molecule has 5 nitrogen and oxygen atoms in total. The van der Waals surface area contributed by atoms with E-state index in [1.807, 2.05) is 24.3 Å². The second-order valence-corrected chi connectivity index (χ2v) is 5.64. The Hall–Kier alpha value is -3.05. The minimum absolute atomic E-state index is 0.398. The molecular weight excluding hydrogens is 340 g/mol. The summed E-state index contributed by atoms with van der Waals surface area (Å²) in [6.07, 6.45) is 5.82. The largest absolute Gasteiger partial charge is 0.454 e. The molecule has 3 aromatic rings. The Morgan fingerprint density at radius 1 is 1.00 bits per heavy atom. The van der Waals surface area contributed by atoms with E-state index in [1.54, 1.807) is 49.1 Å². The maximum absolute atomic E-state index is 6.22. The topological polar surface area (TPSA) is 53.5 Å². The van der Waals surface area contributed by atoms with Crippen LogP contribution in [-0.2, 0) is 9.47 Å². The van der Waals surface area contributed by atoms with Crippen LogP contribution in [0.25, 0.3) is 5.76 Å². The highest BCUT2D eigenvalue weighted by molar-refractivity contribution is 6.32. The maximum atomic E-state index is 6.22. The van der Waals surface area contributed by atoms with Crippen LogP contribution in [0.15, 0.2) is 73.4 Å². The average Bonchev–Trinajstić information content (AvgIpc) is 3.13. The van der Waals surface area contributed by atoms with Gasteiger partial charge in [-0.15, -0.1) is 0 Å². The van der Waals surface area contributed by atoms with Crippen LogP contribution < -0.4 is 4.74 Å². The lowest BCUT2D eigenvalue weighted by atomic mass is 10.2. The summed E-state index contributed by atoms with van der Waals surface area (Å²) in [7, 11) is 0. The van der Waals surface area contributed by atoms with E-state index < -0.39 is 6.29 Å². The average molecular weight is 353 g/mol. The molecule has 0 bridgehead atoms. The van der Waals surface area contributed by atoms with Gasteiger partial charge in [0.15, 0.2) is 5.76 Å². The van der Waals surface area contributed by atoms with E-state index in [4.69, 9.17) is 25.8 Å². The summed E-state index contributed by atoms with van der Waals surface area (Å²) >= 11 is 6.22. The third-order valence-electron chi connectivity index (χ3n) is 3.58. The molecule has 4 rings (SSSR count). The lowest BCUT2D eigenvalue weighted by Gasteiger charge is -2.15. The molecule has 0 spiro atoms. The van der Waals surface area contributed by atoms with E-state index in [2.05, 4.69) is 9.97 Å². The first kappa shape index (κ1) is 15.5. The molecule has 0 aliphatic carbocycles. The number of ether oxygens (including phenoxy) is 3. The molecule has 1 aliphatic rings. The van der Waals surface area contributed by atoms with Crippen LogP contribution in [0.5, 0.6) is 11.6 Å². The predicted molar refractivity (Wildman–Crippen MR) is 92.9 cm³/mol. The summed E-state index contributed by atoms with van der Waals surface area (Å²) in [6.45, 7) is 0. The molecule has 0 N–H and O–H groups in total. The van der Waals surface area contributed by atoms with E-state index in [9.17, 15) is 0 Å². The van der Waals surface area contributed by atoms with Crippen LogP contribution >= 0.6 is 11.6 Å². The highest BCUT2D eigenvalue weighted by atomic mass is 35.5. The smallest absolute Gasteiger partial charge is 0.272 e. The van der Waals surface area contributed by atoms with Crippen LogP contribution in [0, 0.1) is 0 Å². The van der Waals surface area contributed by atoms with Crippen molar-refractivity contribution in [1.82, 2.24) is 9.97 Å². The zero-order valence-corrected chi connectivity index (χ0v) is 13.8. The summed E-state index contributed by atoms with van der Waals surface area (Å²) in [5, 5.41) is 0.594. The Morgan fingerprint density at radius 3 is 2.72 bits per heavy atom. The van der Waals surface area contributed by atoms with Gasteiger partial charge in [-0.3, -0.25) is 4.98 Å². The third kappa shape index (κ3) is 3.27. The lowest BCUT2D eigenvalue weighted by molar-refractivity contribution is -0.0187. The molecule has 25 heavy (non-hydrogen) atoms. The number of hydrogen-bond acceptors (Lipinski definition) is 5. The van der Waals surface area contributed by atoms with Gasteiger partial charge < -0.3 is 14.2 Å². The monoisotopic (exact) mass is 352 g/mol. The van der Waals surface area contributed by atoms with E-state index in [1.165, 1.54) is 0 Å². The predicted octanol–water partition coefficient (Wildman–Crippen LogP) is 4.97. The minimum atomic E-state index is -0.661. The first-order chi connectivity index (χ1) is 12.3. The summed E-state index contributed by atoms with van der Waals surface area (Å²) in [6, 6.07) is 14.7. The highest BCUT2D eigenvalue weighted by Crippen LogP contribution is 2.39. The number of rotatable bonds is 4. The fourth-order valence-electron chi connectivity index (χ4n) is 2.41. The number of halogens is 1. The molecule has 0 unspecified atom stereocenters. The van der Waals surface area contributed by atoms with Crippen LogP contribution in [0.4, 0.5) is 0 Å². The van der Waals surface area contributed by atoms with Crippen molar-refractivity contribution in [2.75, 3.05) is 0 Å². The van der Waals surface area contributed by atoms with Crippen LogP contribution in [0.3, 0.4) is 0 Å². The second kappa shape index (κ2) is 6.83. The Bertz CT molecular complexity index is 915. The molecule has 0 amide bonds. The molecule has 1 aliphatic heterocycles. The van der Waals surface area contributed by atoms with Gasteiger partial charge in [-0.25, -0.2) is 4.98 Å². The molecular formula is C19H13ClN2O3. The van der Waals surface area contributed by atoms with Gasteiger partial charge in [-0.1, -0.05) is 23.7 Å². The molecule has 6 heteroatoms. The van der Waals surface area contributed by atoms with Crippen LogP contribution in [-0.4, -0.2) is 9.97 Å². The fourth-order valence-corrected chi connectivity index (χ4v) is 2.64. The van der Waals surface area contributed by atoms with Gasteiger partial charge in [-0.2, -0.15) is 0 Å². The Balaban J connectivity index is 1.57. The normalized spacial score (nSPS) is 15.9. The van der Waals surface area contributed by atoms with Crippen LogP contribution in [0.1, 0.15) is 17.4 Å². The maximum Gasteiger partial charge on any atom is 0.272 e. The van der Waals surface area contributed by atoms with Gasteiger partial charge in [0.05, 0.1) is 16.8 Å². The van der Waals surface area contributed by atoms with Gasteiger partial charge in [-0.05, 0) is 36.4 Å². The van der Waals surface area contributed by atoms with Crippen molar-refractivity contribution in [2.24, 2.45) is 0 Å². The van der Waals surface area contributed by atoms with Crippen molar-refractivity contribution < 1.29 is 14.2 Å². The van der Waals surface area contributed by atoms with E-state index >= 15 is 0 Å². The Labute approximate surface area is 149 Å². The summed E-state index contributed by atoms with van der Waals surface area (Å²) in [4.78, 5) is 8.30. The fraction of sp³-hybridized carbons (Fsp3) is 0.0526. The van der Waals surface area contributed by atoms with Crippen molar-refractivity contribution in [3.8, 4) is 11.6 Å². The van der Waals surface area contributed by atoms with Crippen molar-refractivity contribution in [2.45, 2.75) is 6.29 Å². The summed E-state index contributed by atoms with van der Waals surface area (Å²) in [5.41, 5.74) is 1.44. The molecule has 124 valence electrons.